The van der Waals surface area contributed by atoms with Gasteiger partial charge in [-0.25, -0.2) is 4.98 Å². The zero-order chi connectivity index (χ0) is 13.4. The van der Waals surface area contributed by atoms with E-state index in [9.17, 15) is 0 Å². The zero-order valence-corrected chi connectivity index (χ0v) is 11.3. The summed E-state index contributed by atoms with van der Waals surface area (Å²) < 4.78 is 7.29. The molecule has 0 unspecified atom stereocenters. The van der Waals surface area contributed by atoms with Crippen LogP contribution >= 0.6 is 0 Å². The summed E-state index contributed by atoms with van der Waals surface area (Å²) >= 11 is 0. The van der Waals surface area contributed by atoms with Gasteiger partial charge in [0.05, 0.1) is 5.69 Å². The van der Waals surface area contributed by atoms with E-state index in [0.29, 0.717) is 5.89 Å². The molecule has 0 atom stereocenters. The van der Waals surface area contributed by atoms with E-state index in [-0.39, 0.29) is 0 Å². The minimum atomic E-state index is 0.690. The number of anilines is 1. The molecule has 0 aliphatic carbocycles. The van der Waals surface area contributed by atoms with E-state index in [0.717, 1.165) is 29.0 Å². The van der Waals surface area contributed by atoms with Gasteiger partial charge in [0.2, 0.25) is 0 Å². The van der Waals surface area contributed by atoms with Gasteiger partial charge in [0, 0.05) is 38.0 Å². The highest BCUT2D eigenvalue weighted by atomic mass is 16.3. The van der Waals surface area contributed by atoms with Crippen LogP contribution in [0.3, 0.4) is 0 Å². The highest BCUT2D eigenvalue weighted by Gasteiger charge is 2.05. The minimum absolute atomic E-state index is 0.690. The normalized spacial score (nSPS) is 11.1. The van der Waals surface area contributed by atoms with Gasteiger partial charge in [-0.1, -0.05) is 0 Å². The Labute approximate surface area is 111 Å². The predicted octanol–water partition coefficient (Wildman–Crippen LogP) is 2.79. The van der Waals surface area contributed by atoms with Gasteiger partial charge in [0.1, 0.15) is 5.52 Å². The van der Waals surface area contributed by atoms with E-state index in [1.54, 1.807) is 0 Å². The topological polar surface area (TPSA) is 55.9 Å². The first kappa shape index (κ1) is 11.8. The molecule has 5 heteroatoms. The van der Waals surface area contributed by atoms with Gasteiger partial charge in [0.15, 0.2) is 11.5 Å². The summed E-state index contributed by atoms with van der Waals surface area (Å²) in [7, 11) is 1.93. The molecular formula is C14H16N4O. The van der Waals surface area contributed by atoms with E-state index in [1.807, 2.05) is 50.0 Å². The Hall–Kier alpha value is -2.30. The van der Waals surface area contributed by atoms with Crippen LogP contribution in [0.1, 0.15) is 17.1 Å². The molecule has 0 aliphatic heterocycles. The predicted molar refractivity (Wildman–Crippen MR) is 74.0 cm³/mol. The molecule has 1 aromatic carbocycles. The molecule has 0 fully saturated rings. The molecule has 0 bridgehead atoms. The standard InChI is InChI=1S/C14H16N4O/c1-9-11(8-18(3)17-9)7-15-12-4-5-14-13(6-12)16-10(2)19-14/h4-6,8,15H,7H2,1-3H3. The van der Waals surface area contributed by atoms with Crippen molar-refractivity contribution < 1.29 is 4.42 Å². The Balaban J connectivity index is 1.79. The maximum absolute atomic E-state index is 5.46. The number of aromatic nitrogens is 3. The van der Waals surface area contributed by atoms with Crippen molar-refractivity contribution in [2.45, 2.75) is 20.4 Å². The fourth-order valence-electron chi connectivity index (χ4n) is 2.17. The van der Waals surface area contributed by atoms with E-state index < -0.39 is 0 Å². The van der Waals surface area contributed by atoms with Gasteiger partial charge in [-0.05, 0) is 25.1 Å². The van der Waals surface area contributed by atoms with Gasteiger partial charge in [-0.3, -0.25) is 4.68 Å². The maximum Gasteiger partial charge on any atom is 0.192 e. The quantitative estimate of drug-likeness (QED) is 0.783. The number of oxazole rings is 1. The number of benzene rings is 1. The summed E-state index contributed by atoms with van der Waals surface area (Å²) in [4.78, 5) is 4.33. The molecule has 0 saturated carbocycles. The summed E-state index contributed by atoms with van der Waals surface area (Å²) in [5.74, 6) is 0.690. The van der Waals surface area contributed by atoms with Crippen LogP contribution in [-0.2, 0) is 13.6 Å². The first-order chi connectivity index (χ1) is 9.11. The molecule has 19 heavy (non-hydrogen) atoms. The first-order valence-corrected chi connectivity index (χ1v) is 6.22. The lowest BCUT2D eigenvalue weighted by Crippen LogP contribution is -1.99. The molecule has 0 saturated heterocycles. The summed E-state index contributed by atoms with van der Waals surface area (Å²) in [5, 5.41) is 7.71. The number of hydrogen-bond donors (Lipinski definition) is 1. The van der Waals surface area contributed by atoms with Crippen LogP contribution in [0.5, 0.6) is 0 Å². The highest BCUT2D eigenvalue weighted by molar-refractivity contribution is 5.77. The van der Waals surface area contributed by atoms with E-state index in [2.05, 4.69) is 15.4 Å². The van der Waals surface area contributed by atoms with Gasteiger partial charge in [-0.2, -0.15) is 5.10 Å². The van der Waals surface area contributed by atoms with Crippen molar-refractivity contribution in [2.75, 3.05) is 5.32 Å². The second-order valence-corrected chi connectivity index (χ2v) is 4.68. The SMILES string of the molecule is Cc1nc2cc(NCc3cn(C)nc3C)ccc2o1. The Morgan fingerprint density at radius 2 is 2.16 bits per heavy atom. The van der Waals surface area contributed by atoms with Crippen LogP contribution in [-0.4, -0.2) is 14.8 Å². The van der Waals surface area contributed by atoms with Gasteiger partial charge in [0.25, 0.3) is 0 Å². The van der Waals surface area contributed by atoms with E-state index in [1.165, 1.54) is 5.56 Å². The summed E-state index contributed by atoms with van der Waals surface area (Å²) in [6.45, 7) is 4.62. The Morgan fingerprint density at radius 3 is 2.89 bits per heavy atom. The smallest absolute Gasteiger partial charge is 0.192 e. The summed E-state index contributed by atoms with van der Waals surface area (Å²) in [5.41, 5.74) is 4.97. The molecule has 0 radical (unpaired) electrons. The second-order valence-electron chi connectivity index (χ2n) is 4.68. The van der Waals surface area contributed by atoms with Crippen molar-refractivity contribution >= 4 is 16.8 Å². The fourth-order valence-corrected chi connectivity index (χ4v) is 2.17. The third-order valence-corrected chi connectivity index (χ3v) is 3.09. The van der Waals surface area contributed by atoms with E-state index in [4.69, 9.17) is 4.42 Å². The molecule has 1 N–H and O–H groups in total. The van der Waals surface area contributed by atoms with Gasteiger partial charge < -0.3 is 9.73 Å². The number of hydrogen-bond acceptors (Lipinski definition) is 4. The van der Waals surface area contributed by atoms with Crippen molar-refractivity contribution in [3.63, 3.8) is 0 Å². The molecule has 2 aromatic heterocycles. The molecule has 98 valence electrons. The van der Waals surface area contributed by atoms with Crippen molar-refractivity contribution in [1.29, 1.82) is 0 Å². The first-order valence-electron chi connectivity index (χ1n) is 6.22. The molecule has 5 nitrogen and oxygen atoms in total. The monoisotopic (exact) mass is 256 g/mol. The molecular weight excluding hydrogens is 240 g/mol. The molecule has 3 rings (SSSR count). The molecule has 2 heterocycles. The molecule has 0 aliphatic rings. The lowest BCUT2D eigenvalue weighted by molar-refractivity contribution is 0.561. The lowest BCUT2D eigenvalue weighted by atomic mass is 10.2. The zero-order valence-electron chi connectivity index (χ0n) is 11.3. The third kappa shape index (κ3) is 2.31. The fraction of sp³-hybridized carbons (Fsp3) is 0.286. The van der Waals surface area contributed by atoms with Crippen molar-refractivity contribution in [1.82, 2.24) is 14.8 Å². The summed E-state index contributed by atoms with van der Waals surface area (Å²) in [6.07, 6.45) is 2.03. The number of aryl methyl sites for hydroxylation is 3. The molecule has 3 aromatic rings. The third-order valence-electron chi connectivity index (χ3n) is 3.09. The lowest BCUT2D eigenvalue weighted by Gasteiger charge is -2.04. The van der Waals surface area contributed by atoms with Crippen LogP contribution in [0.4, 0.5) is 5.69 Å². The van der Waals surface area contributed by atoms with Crippen LogP contribution in [0.15, 0.2) is 28.8 Å². The van der Waals surface area contributed by atoms with Crippen molar-refractivity contribution in [2.24, 2.45) is 7.05 Å². The molecule has 0 amide bonds. The van der Waals surface area contributed by atoms with Crippen LogP contribution < -0.4 is 5.32 Å². The Bertz CT molecular complexity index is 726. The largest absolute Gasteiger partial charge is 0.441 e. The van der Waals surface area contributed by atoms with Gasteiger partial charge in [-0.15, -0.1) is 0 Å². The maximum atomic E-state index is 5.46. The van der Waals surface area contributed by atoms with Gasteiger partial charge >= 0.3 is 0 Å². The van der Waals surface area contributed by atoms with Crippen LogP contribution in [0, 0.1) is 13.8 Å². The number of nitrogens with one attached hydrogen (secondary N) is 1. The van der Waals surface area contributed by atoms with E-state index >= 15 is 0 Å². The number of nitrogens with zero attached hydrogens (tertiary/aromatic N) is 3. The summed E-state index contributed by atoms with van der Waals surface area (Å²) in [6, 6.07) is 5.93. The van der Waals surface area contributed by atoms with Crippen molar-refractivity contribution in [3.8, 4) is 0 Å². The minimum Gasteiger partial charge on any atom is -0.441 e. The van der Waals surface area contributed by atoms with Crippen molar-refractivity contribution in [3.05, 3.63) is 41.5 Å². The average Bonchev–Trinajstić information content (AvgIpc) is 2.87. The second kappa shape index (κ2) is 4.42. The Morgan fingerprint density at radius 1 is 1.32 bits per heavy atom. The number of rotatable bonds is 3. The average molecular weight is 256 g/mol. The molecule has 0 spiro atoms. The highest BCUT2D eigenvalue weighted by Crippen LogP contribution is 2.20. The van der Waals surface area contributed by atoms with Crippen LogP contribution in [0.25, 0.3) is 11.1 Å². The van der Waals surface area contributed by atoms with Crippen LogP contribution in [0.2, 0.25) is 0 Å². The Kier molecular flexibility index (Phi) is 2.74. The number of fused-ring (bicyclic) bond motifs is 1.